The van der Waals surface area contributed by atoms with E-state index in [1.54, 1.807) is 0 Å². The summed E-state index contributed by atoms with van der Waals surface area (Å²) in [6.07, 6.45) is 4.51. The fourth-order valence-corrected chi connectivity index (χ4v) is 3.02. The molecular formula is C18H30N2O. The van der Waals surface area contributed by atoms with E-state index in [1.807, 2.05) is 0 Å². The molecule has 2 rings (SSSR count). The highest BCUT2D eigenvalue weighted by Crippen LogP contribution is 2.18. The van der Waals surface area contributed by atoms with Crippen LogP contribution in [0.4, 0.5) is 0 Å². The van der Waals surface area contributed by atoms with Gasteiger partial charge in [-0.2, -0.15) is 0 Å². The molecule has 3 nitrogen and oxygen atoms in total. The average Bonchev–Trinajstić information content (AvgIpc) is 2.50. The number of nitrogens with one attached hydrogen (secondary N) is 1. The van der Waals surface area contributed by atoms with Crippen molar-refractivity contribution in [3.8, 4) is 0 Å². The number of benzene rings is 1. The Morgan fingerprint density at radius 1 is 1.29 bits per heavy atom. The largest absolute Gasteiger partial charge is 0.390 e. The summed E-state index contributed by atoms with van der Waals surface area (Å²) in [4.78, 5) is 2.37. The quantitative estimate of drug-likeness (QED) is 0.772. The Hall–Kier alpha value is -0.900. The molecule has 0 aliphatic carbocycles. The van der Waals surface area contributed by atoms with Crippen LogP contribution in [0.25, 0.3) is 0 Å². The van der Waals surface area contributed by atoms with Crippen LogP contribution >= 0.6 is 0 Å². The van der Waals surface area contributed by atoms with Crippen molar-refractivity contribution in [1.82, 2.24) is 10.2 Å². The Labute approximate surface area is 129 Å². The van der Waals surface area contributed by atoms with E-state index in [1.165, 1.54) is 30.4 Å². The van der Waals surface area contributed by atoms with Crippen molar-refractivity contribution >= 4 is 0 Å². The summed E-state index contributed by atoms with van der Waals surface area (Å²) >= 11 is 0. The predicted molar refractivity (Wildman–Crippen MR) is 88.4 cm³/mol. The first-order valence-corrected chi connectivity index (χ1v) is 8.39. The van der Waals surface area contributed by atoms with Gasteiger partial charge in [0.25, 0.3) is 0 Å². The molecule has 0 fully saturated rings. The smallest absolute Gasteiger partial charge is 0.0791 e. The number of rotatable bonds is 8. The van der Waals surface area contributed by atoms with E-state index in [0.717, 1.165) is 26.1 Å². The maximum Gasteiger partial charge on any atom is 0.0791 e. The zero-order valence-corrected chi connectivity index (χ0v) is 13.5. The molecule has 0 spiro atoms. The van der Waals surface area contributed by atoms with E-state index in [-0.39, 0.29) is 6.10 Å². The van der Waals surface area contributed by atoms with Gasteiger partial charge in [0.1, 0.15) is 0 Å². The predicted octanol–water partition coefficient (Wildman–Crippen LogP) is 2.57. The third-order valence-electron chi connectivity index (χ3n) is 4.37. The van der Waals surface area contributed by atoms with E-state index in [0.29, 0.717) is 12.6 Å². The summed E-state index contributed by atoms with van der Waals surface area (Å²) in [6.45, 7) is 7.91. The highest BCUT2D eigenvalue weighted by molar-refractivity contribution is 5.29. The molecule has 2 atom stereocenters. The lowest BCUT2D eigenvalue weighted by atomic mass is 10.00. The van der Waals surface area contributed by atoms with Crippen molar-refractivity contribution in [2.24, 2.45) is 0 Å². The number of β-amino-alcohol motifs (C(OH)–C–C–N with tert-alkyl or cyclic N) is 1. The van der Waals surface area contributed by atoms with Gasteiger partial charge in [0.15, 0.2) is 0 Å². The normalized spacial score (nSPS) is 18.2. The van der Waals surface area contributed by atoms with Gasteiger partial charge in [0, 0.05) is 32.2 Å². The molecule has 0 radical (unpaired) electrons. The van der Waals surface area contributed by atoms with E-state index < -0.39 is 0 Å². The van der Waals surface area contributed by atoms with Crippen molar-refractivity contribution in [3.63, 3.8) is 0 Å². The molecule has 1 aromatic carbocycles. The van der Waals surface area contributed by atoms with Gasteiger partial charge in [-0.3, -0.25) is 4.90 Å². The van der Waals surface area contributed by atoms with Crippen LogP contribution in [0.2, 0.25) is 0 Å². The summed E-state index contributed by atoms with van der Waals surface area (Å²) in [5.41, 5.74) is 2.88. The van der Waals surface area contributed by atoms with Gasteiger partial charge in [0.2, 0.25) is 0 Å². The molecular weight excluding hydrogens is 260 g/mol. The average molecular weight is 290 g/mol. The SMILES string of the molecule is CCCCC(C)NCC(O)CN1CCc2ccccc2C1. The van der Waals surface area contributed by atoms with Crippen LogP contribution in [0.5, 0.6) is 0 Å². The first-order valence-electron chi connectivity index (χ1n) is 8.39. The van der Waals surface area contributed by atoms with Crippen molar-refractivity contribution in [3.05, 3.63) is 35.4 Å². The molecule has 21 heavy (non-hydrogen) atoms. The molecule has 0 bridgehead atoms. The number of unbranched alkanes of at least 4 members (excludes halogenated alkanes) is 1. The lowest BCUT2D eigenvalue weighted by Gasteiger charge is -2.30. The van der Waals surface area contributed by atoms with Gasteiger partial charge < -0.3 is 10.4 Å². The summed E-state index contributed by atoms with van der Waals surface area (Å²) in [5, 5.41) is 13.7. The Morgan fingerprint density at radius 3 is 2.81 bits per heavy atom. The molecule has 2 N–H and O–H groups in total. The number of hydrogen-bond acceptors (Lipinski definition) is 3. The first-order chi connectivity index (χ1) is 10.2. The standard InChI is InChI=1S/C18H30N2O/c1-3-4-7-15(2)19-12-18(21)14-20-11-10-16-8-5-6-9-17(16)13-20/h5-6,8-9,15,18-19,21H,3-4,7,10-14H2,1-2H3. The minimum Gasteiger partial charge on any atom is -0.390 e. The lowest BCUT2D eigenvalue weighted by Crippen LogP contribution is -2.42. The van der Waals surface area contributed by atoms with Crippen LogP contribution in [0.3, 0.4) is 0 Å². The van der Waals surface area contributed by atoms with E-state index in [9.17, 15) is 5.11 Å². The molecule has 0 aromatic heterocycles. The molecule has 3 heteroatoms. The minimum absolute atomic E-state index is 0.278. The molecule has 0 saturated carbocycles. The van der Waals surface area contributed by atoms with E-state index in [4.69, 9.17) is 0 Å². The van der Waals surface area contributed by atoms with Gasteiger partial charge >= 0.3 is 0 Å². The number of hydrogen-bond donors (Lipinski definition) is 2. The summed E-state index contributed by atoms with van der Waals surface area (Å²) in [7, 11) is 0. The fourth-order valence-electron chi connectivity index (χ4n) is 3.02. The van der Waals surface area contributed by atoms with Crippen LogP contribution < -0.4 is 5.32 Å². The second-order valence-electron chi connectivity index (χ2n) is 6.36. The van der Waals surface area contributed by atoms with E-state index >= 15 is 0 Å². The third-order valence-corrected chi connectivity index (χ3v) is 4.37. The molecule has 0 amide bonds. The van der Waals surface area contributed by atoms with Crippen molar-refractivity contribution in [2.75, 3.05) is 19.6 Å². The second-order valence-corrected chi connectivity index (χ2v) is 6.36. The molecule has 1 aliphatic rings. The van der Waals surface area contributed by atoms with Crippen molar-refractivity contribution in [2.45, 2.75) is 58.2 Å². The maximum atomic E-state index is 10.2. The van der Waals surface area contributed by atoms with Crippen LogP contribution in [0, 0.1) is 0 Å². The van der Waals surface area contributed by atoms with Gasteiger partial charge in [-0.05, 0) is 30.9 Å². The van der Waals surface area contributed by atoms with Gasteiger partial charge in [-0.15, -0.1) is 0 Å². The van der Waals surface area contributed by atoms with Crippen LogP contribution in [-0.4, -0.2) is 41.8 Å². The summed E-state index contributed by atoms with van der Waals surface area (Å²) in [6, 6.07) is 9.15. The summed E-state index contributed by atoms with van der Waals surface area (Å²) < 4.78 is 0. The number of aliphatic hydroxyl groups excluding tert-OH is 1. The minimum atomic E-state index is -0.278. The van der Waals surface area contributed by atoms with Crippen LogP contribution in [0.1, 0.15) is 44.2 Å². The van der Waals surface area contributed by atoms with Crippen LogP contribution in [0.15, 0.2) is 24.3 Å². The van der Waals surface area contributed by atoms with Crippen LogP contribution in [-0.2, 0) is 13.0 Å². The lowest BCUT2D eigenvalue weighted by molar-refractivity contribution is 0.102. The highest BCUT2D eigenvalue weighted by Gasteiger charge is 2.18. The van der Waals surface area contributed by atoms with Crippen molar-refractivity contribution in [1.29, 1.82) is 0 Å². The van der Waals surface area contributed by atoms with Crippen molar-refractivity contribution < 1.29 is 5.11 Å². The monoisotopic (exact) mass is 290 g/mol. The Bertz CT molecular complexity index is 421. The third kappa shape index (κ3) is 5.42. The van der Waals surface area contributed by atoms with Gasteiger partial charge in [0.05, 0.1) is 6.10 Å². The number of fused-ring (bicyclic) bond motifs is 1. The highest BCUT2D eigenvalue weighted by atomic mass is 16.3. The molecule has 2 unspecified atom stereocenters. The fraction of sp³-hybridized carbons (Fsp3) is 0.667. The number of aliphatic hydroxyl groups is 1. The van der Waals surface area contributed by atoms with Gasteiger partial charge in [-0.1, -0.05) is 44.0 Å². The van der Waals surface area contributed by atoms with Gasteiger partial charge in [-0.25, -0.2) is 0 Å². The molecule has 118 valence electrons. The molecule has 1 heterocycles. The molecule has 1 aliphatic heterocycles. The summed E-state index contributed by atoms with van der Waals surface area (Å²) in [5.74, 6) is 0. The second kappa shape index (κ2) is 8.52. The Kier molecular flexibility index (Phi) is 6.68. The molecule has 1 aromatic rings. The maximum absolute atomic E-state index is 10.2. The zero-order valence-electron chi connectivity index (χ0n) is 13.5. The zero-order chi connectivity index (χ0) is 15.1. The molecule has 0 saturated heterocycles. The Morgan fingerprint density at radius 2 is 2.05 bits per heavy atom. The Balaban J connectivity index is 1.70. The number of nitrogens with zero attached hydrogens (tertiary/aromatic N) is 1. The van der Waals surface area contributed by atoms with E-state index in [2.05, 4.69) is 48.3 Å². The topological polar surface area (TPSA) is 35.5 Å². The first kappa shape index (κ1) is 16.5.